The van der Waals surface area contributed by atoms with E-state index in [2.05, 4.69) is 38.1 Å². The standard InChI is InChI=1S/C29H46/c1-3-5-7-23-10-14-25(15-11-23)27-17-19-28-20-26(16-18-29(28)21-27)24-12-8-22(6-4-2)9-13-24/h10-11,14-15,22,24,26-29H,3-9,12-13,16-21H2,1-2H3. The van der Waals surface area contributed by atoms with Crippen LogP contribution < -0.4 is 0 Å². The van der Waals surface area contributed by atoms with Crippen LogP contribution in [-0.4, -0.2) is 0 Å². The first-order valence-corrected chi connectivity index (χ1v) is 13.4. The van der Waals surface area contributed by atoms with E-state index in [1.165, 1.54) is 57.8 Å². The van der Waals surface area contributed by atoms with E-state index in [1.54, 1.807) is 49.7 Å². The summed E-state index contributed by atoms with van der Waals surface area (Å²) >= 11 is 0. The van der Waals surface area contributed by atoms with Crippen LogP contribution in [0.15, 0.2) is 24.3 Å². The normalized spacial score (nSPS) is 35.2. The van der Waals surface area contributed by atoms with E-state index in [4.69, 9.17) is 0 Å². The van der Waals surface area contributed by atoms with Crippen molar-refractivity contribution in [3.05, 3.63) is 35.4 Å². The highest BCUT2D eigenvalue weighted by Crippen LogP contribution is 2.51. The summed E-state index contributed by atoms with van der Waals surface area (Å²) in [4.78, 5) is 0. The van der Waals surface area contributed by atoms with E-state index in [9.17, 15) is 0 Å². The molecular weight excluding hydrogens is 348 g/mol. The SMILES string of the molecule is CCCCc1ccc(C2CCC3CC(C4CCC(CCC)CC4)CCC3C2)cc1. The van der Waals surface area contributed by atoms with Crippen LogP contribution >= 0.6 is 0 Å². The molecule has 0 radical (unpaired) electrons. The maximum atomic E-state index is 2.47. The molecule has 0 saturated heterocycles. The third-order valence-electron chi connectivity index (χ3n) is 9.18. The zero-order valence-corrected chi connectivity index (χ0v) is 19.4. The maximum Gasteiger partial charge on any atom is -0.0159 e. The molecule has 0 N–H and O–H groups in total. The second-order valence-electron chi connectivity index (χ2n) is 11.0. The van der Waals surface area contributed by atoms with Gasteiger partial charge in [0.1, 0.15) is 0 Å². The Labute approximate surface area is 181 Å². The van der Waals surface area contributed by atoms with Gasteiger partial charge in [0.25, 0.3) is 0 Å². The largest absolute Gasteiger partial charge is 0.0654 e. The summed E-state index contributed by atoms with van der Waals surface area (Å²) < 4.78 is 0. The zero-order chi connectivity index (χ0) is 20.1. The fourth-order valence-electron chi connectivity index (χ4n) is 7.35. The third kappa shape index (κ3) is 5.48. The van der Waals surface area contributed by atoms with Gasteiger partial charge in [0.05, 0.1) is 0 Å². The van der Waals surface area contributed by atoms with Crippen LogP contribution in [0.2, 0.25) is 0 Å². The van der Waals surface area contributed by atoms with Gasteiger partial charge in [-0.2, -0.15) is 0 Å². The predicted molar refractivity (Wildman–Crippen MR) is 126 cm³/mol. The molecule has 29 heavy (non-hydrogen) atoms. The molecule has 1 aromatic carbocycles. The topological polar surface area (TPSA) is 0 Å². The number of benzene rings is 1. The lowest BCUT2D eigenvalue weighted by atomic mass is 9.60. The first-order chi connectivity index (χ1) is 14.3. The third-order valence-corrected chi connectivity index (χ3v) is 9.18. The molecule has 0 heteroatoms. The minimum absolute atomic E-state index is 0.845. The van der Waals surface area contributed by atoms with Crippen molar-refractivity contribution in [3.8, 4) is 0 Å². The number of hydrogen-bond acceptors (Lipinski definition) is 0. The summed E-state index contributed by atoms with van der Waals surface area (Å²) in [5.41, 5.74) is 3.18. The molecule has 0 aliphatic heterocycles. The average Bonchev–Trinajstić information content (AvgIpc) is 2.78. The smallest absolute Gasteiger partial charge is 0.0159 e. The maximum absolute atomic E-state index is 2.47. The van der Waals surface area contributed by atoms with Crippen molar-refractivity contribution in [2.45, 2.75) is 116 Å². The quantitative estimate of drug-likeness (QED) is 0.433. The van der Waals surface area contributed by atoms with Crippen molar-refractivity contribution in [1.82, 2.24) is 0 Å². The number of fused-ring (bicyclic) bond motifs is 1. The Morgan fingerprint density at radius 3 is 1.97 bits per heavy atom. The highest BCUT2D eigenvalue weighted by Gasteiger charge is 2.38. The van der Waals surface area contributed by atoms with Crippen LogP contribution in [0, 0.1) is 29.6 Å². The lowest BCUT2D eigenvalue weighted by molar-refractivity contribution is 0.0712. The van der Waals surface area contributed by atoms with Crippen LogP contribution in [0.1, 0.15) is 121 Å². The highest BCUT2D eigenvalue weighted by atomic mass is 14.4. The molecule has 3 aliphatic carbocycles. The van der Waals surface area contributed by atoms with Gasteiger partial charge in [-0.15, -0.1) is 0 Å². The number of hydrogen-bond donors (Lipinski definition) is 0. The summed E-state index contributed by atoms with van der Waals surface area (Å²) in [5.74, 6) is 6.16. The van der Waals surface area contributed by atoms with Crippen molar-refractivity contribution in [3.63, 3.8) is 0 Å². The second kappa shape index (κ2) is 10.5. The Morgan fingerprint density at radius 2 is 1.28 bits per heavy atom. The Bertz CT molecular complexity index is 591. The molecule has 0 bridgehead atoms. The van der Waals surface area contributed by atoms with E-state index in [-0.39, 0.29) is 0 Å². The fourth-order valence-corrected chi connectivity index (χ4v) is 7.35. The van der Waals surface area contributed by atoms with Gasteiger partial charge < -0.3 is 0 Å². The van der Waals surface area contributed by atoms with E-state index >= 15 is 0 Å². The molecule has 3 saturated carbocycles. The van der Waals surface area contributed by atoms with Crippen LogP contribution in [0.25, 0.3) is 0 Å². The van der Waals surface area contributed by atoms with Crippen molar-refractivity contribution >= 4 is 0 Å². The molecule has 4 rings (SSSR count). The van der Waals surface area contributed by atoms with Crippen molar-refractivity contribution < 1.29 is 0 Å². The lowest BCUT2D eigenvalue weighted by Crippen LogP contribution is -2.34. The monoisotopic (exact) mass is 394 g/mol. The number of unbranched alkanes of at least 4 members (excludes halogenated alkanes) is 1. The Morgan fingerprint density at radius 1 is 0.655 bits per heavy atom. The van der Waals surface area contributed by atoms with E-state index in [0.717, 1.165) is 35.5 Å². The summed E-state index contributed by atoms with van der Waals surface area (Å²) in [6.45, 7) is 4.66. The van der Waals surface area contributed by atoms with Gasteiger partial charge >= 0.3 is 0 Å². The summed E-state index contributed by atoms with van der Waals surface area (Å²) in [7, 11) is 0. The van der Waals surface area contributed by atoms with E-state index < -0.39 is 0 Å². The van der Waals surface area contributed by atoms with Gasteiger partial charge in [-0.25, -0.2) is 0 Å². The molecule has 3 aliphatic rings. The van der Waals surface area contributed by atoms with Crippen LogP contribution in [0.4, 0.5) is 0 Å². The first-order valence-electron chi connectivity index (χ1n) is 13.4. The second-order valence-corrected chi connectivity index (χ2v) is 11.0. The predicted octanol–water partition coefficient (Wildman–Crippen LogP) is 8.94. The lowest BCUT2D eigenvalue weighted by Gasteiger charge is -2.45. The molecule has 3 fully saturated rings. The summed E-state index contributed by atoms with van der Waals surface area (Å²) in [6.07, 6.45) is 22.1. The van der Waals surface area contributed by atoms with Crippen molar-refractivity contribution in [1.29, 1.82) is 0 Å². The van der Waals surface area contributed by atoms with Crippen LogP contribution in [-0.2, 0) is 6.42 Å². The Kier molecular flexibility index (Phi) is 7.77. The highest BCUT2D eigenvalue weighted by molar-refractivity contribution is 5.26. The van der Waals surface area contributed by atoms with Crippen LogP contribution in [0.5, 0.6) is 0 Å². The minimum Gasteiger partial charge on any atom is -0.0654 e. The van der Waals surface area contributed by atoms with E-state index in [0.29, 0.717) is 0 Å². The molecule has 0 amide bonds. The zero-order valence-electron chi connectivity index (χ0n) is 19.4. The van der Waals surface area contributed by atoms with Gasteiger partial charge in [-0.05, 0) is 111 Å². The van der Waals surface area contributed by atoms with Gasteiger partial charge in [0, 0.05) is 0 Å². The fraction of sp³-hybridized carbons (Fsp3) is 0.793. The minimum atomic E-state index is 0.845. The molecule has 4 unspecified atom stereocenters. The molecule has 0 aromatic heterocycles. The Balaban J connectivity index is 1.26. The molecule has 0 heterocycles. The van der Waals surface area contributed by atoms with Crippen LogP contribution in [0.3, 0.4) is 0 Å². The number of aryl methyl sites for hydroxylation is 1. The van der Waals surface area contributed by atoms with Crippen molar-refractivity contribution in [2.24, 2.45) is 29.6 Å². The van der Waals surface area contributed by atoms with Gasteiger partial charge in [-0.1, -0.05) is 70.2 Å². The average molecular weight is 395 g/mol. The summed E-state index contributed by atoms with van der Waals surface area (Å²) in [6, 6.07) is 9.78. The molecule has 162 valence electrons. The molecule has 4 atom stereocenters. The van der Waals surface area contributed by atoms with Gasteiger partial charge in [0.15, 0.2) is 0 Å². The summed E-state index contributed by atoms with van der Waals surface area (Å²) in [5, 5.41) is 0. The number of rotatable bonds is 7. The first kappa shape index (κ1) is 21.5. The van der Waals surface area contributed by atoms with E-state index in [1.807, 2.05) is 0 Å². The van der Waals surface area contributed by atoms with Gasteiger partial charge in [-0.3, -0.25) is 0 Å². The van der Waals surface area contributed by atoms with Crippen molar-refractivity contribution in [2.75, 3.05) is 0 Å². The molecule has 0 nitrogen and oxygen atoms in total. The molecule has 1 aromatic rings. The Hall–Kier alpha value is -0.780. The van der Waals surface area contributed by atoms with Gasteiger partial charge in [0.2, 0.25) is 0 Å². The molecular formula is C29H46. The molecule has 0 spiro atoms.